The van der Waals surface area contributed by atoms with Crippen LogP contribution in [0.5, 0.6) is 0 Å². The number of ether oxygens (including phenoxy) is 1. The molecule has 0 aromatic carbocycles. The number of furan rings is 2. The fraction of sp³-hybridized carbons (Fsp3) is 0.100. The molecule has 0 radical (unpaired) electrons. The van der Waals surface area contributed by atoms with E-state index in [0.29, 0.717) is 36.0 Å². The molecule has 1 amide bonds. The van der Waals surface area contributed by atoms with Gasteiger partial charge < -0.3 is 22.7 Å². The van der Waals surface area contributed by atoms with Gasteiger partial charge in [-0.3, -0.25) is 0 Å². The second kappa shape index (κ2) is 6.66. The Kier molecular flexibility index (Phi) is 3.86. The summed E-state index contributed by atoms with van der Waals surface area (Å²) in [6.07, 6.45) is 10.3. The summed E-state index contributed by atoms with van der Waals surface area (Å²) in [7, 11) is 0. The van der Waals surface area contributed by atoms with E-state index >= 15 is 0 Å². The van der Waals surface area contributed by atoms with Crippen LogP contribution in [0.15, 0.2) is 87.5 Å². The monoisotopic (exact) mass is 376 g/mol. The Morgan fingerprint density at radius 1 is 0.821 bits per heavy atom. The number of aromatic nitrogens is 2. The number of amidine groups is 1. The van der Waals surface area contributed by atoms with Crippen LogP contribution in [0.2, 0.25) is 0 Å². The summed E-state index contributed by atoms with van der Waals surface area (Å²) >= 11 is 0. The van der Waals surface area contributed by atoms with Crippen molar-refractivity contribution in [2.24, 2.45) is 4.99 Å². The number of aliphatic imine (C=N–C) groups is 1. The molecule has 0 saturated carbocycles. The van der Waals surface area contributed by atoms with Gasteiger partial charge >= 0.3 is 12.1 Å². The van der Waals surface area contributed by atoms with Crippen LogP contribution < -0.4 is 4.90 Å². The third kappa shape index (κ3) is 2.90. The van der Waals surface area contributed by atoms with Crippen molar-refractivity contribution in [3.8, 4) is 0 Å². The largest absolute Gasteiger partial charge is 0.465 e. The highest BCUT2D eigenvalue weighted by atomic mass is 16.6. The highest BCUT2D eigenvalue weighted by molar-refractivity contribution is 6.24. The van der Waals surface area contributed by atoms with Crippen LogP contribution in [0.3, 0.4) is 0 Å². The molecule has 0 unspecified atom stereocenters. The van der Waals surface area contributed by atoms with Gasteiger partial charge in [0.25, 0.3) is 0 Å². The van der Waals surface area contributed by atoms with Gasteiger partial charge in [0, 0.05) is 36.9 Å². The van der Waals surface area contributed by atoms with E-state index in [-0.39, 0.29) is 6.02 Å². The number of cyclic esters (lactones) is 1. The molecule has 5 rings (SSSR count). The Morgan fingerprint density at radius 2 is 1.43 bits per heavy atom. The molecule has 5 heterocycles. The molecule has 4 aromatic heterocycles. The summed E-state index contributed by atoms with van der Waals surface area (Å²) in [5.74, 6) is 1.31. The number of hydrogen-bond donors (Lipinski definition) is 0. The maximum atomic E-state index is 12.1. The highest BCUT2D eigenvalue weighted by Gasteiger charge is 2.39. The number of carbonyl (C=O) groups is 1. The summed E-state index contributed by atoms with van der Waals surface area (Å²) in [4.78, 5) is 18.0. The van der Waals surface area contributed by atoms with Crippen molar-refractivity contribution in [2.45, 2.75) is 13.1 Å². The van der Waals surface area contributed by atoms with Gasteiger partial charge in [-0.15, -0.1) is 0 Å². The quantitative estimate of drug-likeness (QED) is 0.505. The minimum atomic E-state index is -0.496. The van der Waals surface area contributed by atoms with E-state index in [1.54, 1.807) is 24.7 Å². The van der Waals surface area contributed by atoms with Gasteiger partial charge in [-0.25, -0.2) is 4.79 Å². The zero-order valence-electron chi connectivity index (χ0n) is 14.8. The molecule has 1 aliphatic heterocycles. The molecule has 0 atom stereocenters. The second-order valence-electron chi connectivity index (χ2n) is 6.27. The predicted octanol–water partition coefficient (Wildman–Crippen LogP) is 4.22. The molecule has 0 N–H and O–H groups in total. The molecule has 0 bridgehead atoms. The molecule has 0 aliphatic carbocycles. The van der Waals surface area contributed by atoms with Gasteiger partial charge in [-0.1, -0.05) is 0 Å². The van der Waals surface area contributed by atoms with Gasteiger partial charge in [-0.2, -0.15) is 9.89 Å². The standard InChI is InChI=1S/C20H16N4O4/c25-20-24(16-6-12-27-18(16)14-23-9-3-4-10-23)19(28-20)21-15-5-11-26-17(15)13-22-7-1-2-8-22/h1-12H,13-14H2. The smallest absolute Gasteiger partial charge is 0.430 e. The number of nitrogens with zero attached hydrogens (tertiary/aromatic N) is 4. The summed E-state index contributed by atoms with van der Waals surface area (Å²) in [6, 6.07) is 11.4. The maximum Gasteiger partial charge on any atom is 0.430 e. The Bertz CT molecular complexity index is 1120. The fourth-order valence-electron chi connectivity index (χ4n) is 3.07. The van der Waals surface area contributed by atoms with Crippen molar-refractivity contribution < 1.29 is 18.4 Å². The third-order valence-electron chi connectivity index (χ3n) is 4.44. The minimum Gasteiger partial charge on any atom is -0.465 e. The van der Waals surface area contributed by atoms with Crippen molar-refractivity contribution in [1.82, 2.24) is 9.13 Å². The zero-order valence-corrected chi connectivity index (χ0v) is 14.8. The van der Waals surface area contributed by atoms with E-state index in [9.17, 15) is 4.79 Å². The molecule has 8 nitrogen and oxygen atoms in total. The Labute approximate surface area is 159 Å². The second-order valence-corrected chi connectivity index (χ2v) is 6.27. The molecule has 0 spiro atoms. The molecule has 1 saturated heterocycles. The van der Waals surface area contributed by atoms with E-state index in [1.807, 2.05) is 58.2 Å². The normalized spacial score (nSPS) is 15.1. The lowest BCUT2D eigenvalue weighted by Crippen LogP contribution is -2.51. The van der Waals surface area contributed by atoms with Crippen molar-refractivity contribution in [3.63, 3.8) is 0 Å². The van der Waals surface area contributed by atoms with E-state index in [0.717, 1.165) is 0 Å². The van der Waals surface area contributed by atoms with Crippen LogP contribution in [-0.4, -0.2) is 21.2 Å². The molecule has 4 aromatic rings. The molecule has 140 valence electrons. The summed E-state index contributed by atoms with van der Waals surface area (Å²) in [6.45, 7) is 1.03. The van der Waals surface area contributed by atoms with Crippen LogP contribution in [0.25, 0.3) is 0 Å². The lowest BCUT2D eigenvalue weighted by molar-refractivity contribution is 0.189. The van der Waals surface area contributed by atoms with Gasteiger partial charge in [0.15, 0.2) is 0 Å². The predicted molar refractivity (Wildman–Crippen MR) is 101 cm³/mol. The Morgan fingerprint density at radius 3 is 2.11 bits per heavy atom. The molecular weight excluding hydrogens is 360 g/mol. The average molecular weight is 376 g/mol. The fourth-order valence-corrected chi connectivity index (χ4v) is 3.07. The minimum absolute atomic E-state index is 0.190. The van der Waals surface area contributed by atoms with Crippen molar-refractivity contribution in [2.75, 3.05) is 4.90 Å². The van der Waals surface area contributed by atoms with Crippen molar-refractivity contribution in [1.29, 1.82) is 0 Å². The number of anilines is 1. The number of hydrogen-bond acceptors (Lipinski definition) is 5. The molecule has 28 heavy (non-hydrogen) atoms. The number of amides is 1. The van der Waals surface area contributed by atoms with E-state index < -0.39 is 6.09 Å². The SMILES string of the molecule is O=C1OC(=Nc2ccoc2Cn2cccc2)N1c1ccoc1Cn1cccc1. The van der Waals surface area contributed by atoms with Gasteiger partial charge in [-0.05, 0) is 24.3 Å². The summed E-state index contributed by atoms with van der Waals surface area (Å²) < 4.78 is 20.2. The Balaban J connectivity index is 1.41. The third-order valence-corrected chi connectivity index (χ3v) is 4.44. The van der Waals surface area contributed by atoms with E-state index in [2.05, 4.69) is 4.99 Å². The first-order valence-electron chi connectivity index (χ1n) is 8.73. The van der Waals surface area contributed by atoms with E-state index in [1.165, 1.54) is 4.90 Å². The Hall–Kier alpha value is -3.94. The van der Waals surface area contributed by atoms with Crippen LogP contribution in [0.1, 0.15) is 11.5 Å². The van der Waals surface area contributed by atoms with Gasteiger partial charge in [0.05, 0.1) is 25.6 Å². The first kappa shape index (κ1) is 16.2. The van der Waals surface area contributed by atoms with Crippen molar-refractivity contribution in [3.05, 3.63) is 85.2 Å². The summed E-state index contributed by atoms with van der Waals surface area (Å²) in [5.41, 5.74) is 1.22. The summed E-state index contributed by atoms with van der Waals surface area (Å²) in [5, 5.41) is 0. The zero-order chi connectivity index (χ0) is 18.9. The van der Waals surface area contributed by atoms with Crippen LogP contribution >= 0.6 is 0 Å². The topological polar surface area (TPSA) is 78.0 Å². The number of rotatable bonds is 6. The van der Waals surface area contributed by atoms with Crippen LogP contribution in [0, 0.1) is 0 Å². The first-order chi connectivity index (χ1) is 13.8. The van der Waals surface area contributed by atoms with Crippen molar-refractivity contribution >= 4 is 23.5 Å². The lowest BCUT2D eigenvalue weighted by Gasteiger charge is -2.30. The molecular formula is C20H16N4O4. The lowest BCUT2D eigenvalue weighted by atomic mass is 10.3. The average Bonchev–Trinajstić information content (AvgIpc) is 3.46. The molecule has 1 aliphatic rings. The van der Waals surface area contributed by atoms with Crippen LogP contribution in [0.4, 0.5) is 16.2 Å². The molecule has 8 heteroatoms. The highest BCUT2D eigenvalue weighted by Crippen LogP contribution is 2.31. The number of carbonyl (C=O) groups excluding carboxylic acids is 1. The first-order valence-corrected chi connectivity index (χ1v) is 8.73. The van der Waals surface area contributed by atoms with Crippen LogP contribution in [-0.2, 0) is 17.8 Å². The maximum absolute atomic E-state index is 12.1. The van der Waals surface area contributed by atoms with Gasteiger partial charge in [0.1, 0.15) is 22.9 Å². The van der Waals surface area contributed by atoms with Gasteiger partial charge in [0.2, 0.25) is 0 Å². The molecule has 1 fully saturated rings. The van der Waals surface area contributed by atoms with E-state index in [4.69, 9.17) is 13.6 Å².